The number of nitrogens with one attached hydrogen (secondary N) is 1. The average Bonchev–Trinajstić information content (AvgIpc) is 3.26. The van der Waals surface area contributed by atoms with Gasteiger partial charge in [-0.2, -0.15) is 5.10 Å². The van der Waals surface area contributed by atoms with Crippen LogP contribution in [-0.2, 0) is 13.6 Å². The fourth-order valence-corrected chi connectivity index (χ4v) is 2.78. The van der Waals surface area contributed by atoms with Gasteiger partial charge in [0.15, 0.2) is 0 Å². The van der Waals surface area contributed by atoms with Gasteiger partial charge in [0, 0.05) is 13.2 Å². The summed E-state index contributed by atoms with van der Waals surface area (Å²) in [6, 6.07) is 17.6. The molecule has 0 saturated heterocycles. The number of carbonyl (C=O) groups excluding carboxylic acids is 1. The summed E-state index contributed by atoms with van der Waals surface area (Å²) in [4.78, 5) is 16.9. The lowest BCUT2D eigenvalue weighted by molar-refractivity contribution is 0.0949. The van der Waals surface area contributed by atoms with E-state index < -0.39 is 0 Å². The highest BCUT2D eigenvalue weighted by Crippen LogP contribution is 2.14. The van der Waals surface area contributed by atoms with Gasteiger partial charge < -0.3 is 9.88 Å². The first kappa shape index (κ1) is 15.1. The summed E-state index contributed by atoms with van der Waals surface area (Å²) < 4.78 is 3.67. The predicted molar refractivity (Wildman–Crippen MR) is 95.4 cm³/mol. The Bertz CT molecular complexity index is 1030. The SMILES string of the molecule is Cn1c(CNC(=O)c2cnn(-c3ccccc3)c2)nc2ccccc21. The molecule has 0 radical (unpaired) electrons. The molecule has 0 fully saturated rings. The number of para-hydroxylation sites is 3. The molecule has 124 valence electrons. The molecule has 4 aromatic rings. The van der Waals surface area contributed by atoms with Gasteiger partial charge in [-0.25, -0.2) is 9.67 Å². The Kier molecular flexibility index (Phi) is 3.78. The van der Waals surface area contributed by atoms with Crippen LogP contribution < -0.4 is 5.32 Å². The molecule has 0 bridgehead atoms. The molecule has 0 unspecified atom stereocenters. The van der Waals surface area contributed by atoms with Crippen LogP contribution in [0.1, 0.15) is 16.2 Å². The molecule has 2 heterocycles. The van der Waals surface area contributed by atoms with Crippen molar-refractivity contribution in [2.45, 2.75) is 6.54 Å². The molecule has 0 aliphatic carbocycles. The van der Waals surface area contributed by atoms with E-state index in [-0.39, 0.29) is 5.91 Å². The van der Waals surface area contributed by atoms with Crippen LogP contribution in [0.25, 0.3) is 16.7 Å². The van der Waals surface area contributed by atoms with Crippen molar-refractivity contribution in [2.75, 3.05) is 0 Å². The molecular weight excluding hydrogens is 314 g/mol. The summed E-state index contributed by atoms with van der Waals surface area (Å²) in [6.45, 7) is 0.362. The van der Waals surface area contributed by atoms with Crippen molar-refractivity contribution in [3.8, 4) is 5.69 Å². The van der Waals surface area contributed by atoms with Crippen molar-refractivity contribution in [3.63, 3.8) is 0 Å². The molecule has 0 saturated carbocycles. The van der Waals surface area contributed by atoms with Crippen molar-refractivity contribution >= 4 is 16.9 Å². The molecule has 1 N–H and O–H groups in total. The minimum Gasteiger partial charge on any atom is -0.345 e. The summed E-state index contributed by atoms with van der Waals surface area (Å²) in [7, 11) is 1.95. The summed E-state index contributed by atoms with van der Waals surface area (Å²) in [5, 5.41) is 7.16. The molecular formula is C19H17N5O. The van der Waals surface area contributed by atoms with Gasteiger partial charge in [-0.3, -0.25) is 4.79 Å². The third-order valence-corrected chi connectivity index (χ3v) is 4.15. The second kappa shape index (κ2) is 6.24. The Morgan fingerprint density at radius 3 is 2.64 bits per heavy atom. The molecule has 4 rings (SSSR count). The lowest BCUT2D eigenvalue weighted by atomic mass is 10.3. The van der Waals surface area contributed by atoms with Crippen LogP contribution in [0, 0.1) is 0 Å². The van der Waals surface area contributed by atoms with Crippen molar-refractivity contribution in [1.29, 1.82) is 0 Å². The Morgan fingerprint density at radius 2 is 1.84 bits per heavy atom. The maximum atomic E-state index is 12.4. The number of nitrogens with zero attached hydrogens (tertiary/aromatic N) is 4. The van der Waals surface area contributed by atoms with E-state index in [1.54, 1.807) is 17.1 Å². The van der Waals surface area contributed by atoms with E-state index in [9.17, 15) is 4.79 Å². The van der Waals surface area contributed by atoms with Gasteiger partial charge >= 0.3 is 0 Å². The third-order valence-electron chi connectivity index (χ3n) is 4.15. The van der Waals surface area contributed by atoms with E-state index >= 15 is 0 Å². The molecule has 0 aliphatic heterocycles. The van der Waals surface area contributed by atoms with E-state index in [4.69, 9.17) is 0 Å². The summed E-state index contributed by atoms with van der Waals surface area (Å²) in [5.41, 5.74) is 3.40. The fourth-order valence-electron chi connectivity index (χ4n) is 2.78. The number of amides is 1. The molecule has 1 amide bonds. The Balaban J connectivity index is 1.49. The number of rotatable bonds is 4. The van der Waals surface area contributed by atoms with Gasteiger partial charge in [0.1, 0.15) is 5.82 Å². The van der Waals surface area contributed by atoms with E-state index in [1.807, 2.05) is 66.2 Å². The minimum atomic E-state index is -0.172. The maximum Gasteiger partial charge on any atom is 0.254 e. The van der Waals surface area contributed by atoms with Crippen molar-refractivity contribution in [3.05, 3.63) is 78.4 Å². The van der Waals surface area contributed by atoms with Gasteiger partial charge in [-0.1, -0.05) is 30.3 Å². The number of aromatic nitrogens is 4. The van der Waals surface area contributed by atoms with Crippen LogP contribution in [0.5, 0.6) is 0 Å². The first-order valence-corrected chi connectivity index (χ1v) is 8.01. The van der Waals surface area contributed by atoms with Crippen LogP contribution in [0.2, 0.25) is 0 Å². The maximum absolute atomic E-state index is 12.4. The van der Waals surface area contributed by atoms with Crippen molar-refractivity contribution in [2.24, 2.45) is 7.05 Å². The van der Waals surface area contributed by atoms with E-state index in [1.165, 1.54) is 0 Å². The van der Waals surface area contributed by atoms with Gasteiger partial charge in [0.25, 0.3) is 5.91 Å². The van der Waals surface area contributed by atoms with Gasteiger partial charge in [-0.15, -0.1) is 0 Å². The number of imidazole rings is 1. The van der Waals surface area contributed by atoms with Crippen LogP contribution in [0.3, 0.4) is 0 Å². The van der Waals surface area contributed by atoms with E-state index in [2.05, 4.69) is 15.4 Å². The highest BCUT2D eigenvalue weighted by atomic mass is 16.1. The minimum absolute atomic E-state index is 0.172. The average molecular weight is 331 g/mol. The molecule has 25 heavy (non-hydrogen) atoms. The molecule has 0 aliphatic rings. The topological polar surface area (TPSA) is 64.7 Å². The smallest absolute Gasteiger partial charge is 0.254 e. The zero-order valence-electron chi connectivity index (χ0n) is 13.8. The fraction of sp³-hybridized carbons (Fsp3) is 0.105. The number of hydrogen-bond acceptors (Lipinski definition) is 3. The van der Waals surface area contributed by atoms with Gasteiger partial charge in [-0.05, 0) is 24.3 Å². The first-order valence-electron chi connectivity index (χ1n) is 8.01. The molecule has 6 nitrogen and oxygen atoms in total. The molecule has 0 spiro atoms. The van der Waals surface area contributed by atoms with Crippen LogP contribution in [0.4, 0.5) is 0 Å². The summed E-state index contributed by atoms with van der Waals surface area (Å²) in [6.07, 6.45) is 3.29. The normalized spacial score (nSPS) is 10.9. The quantitative estimate of drug-likeness (QED) is 0.625. The first-order chi connectivity index (χ1) is 12.2. The number of benzene rings is 2. The number of carbonyl (C=O) groups is 1. The van der Waals surface area contributed by atoms with Crippen LogP contribution in [-0.4, -0.2) is 25.2 Å². The van der Waals surface area contributed by atoms with Gasteiger partial charge in [0.2, 0.25) is 0 Å². The highest BCUT2D eigenvalue weighted by Gasteiger charge is 2.12. The predicted octanol–water partition coefficient (Wildman–Crippen LogP) is 2.69. The number of aryl methyl sites for hydroxylation is 1. The number of fused-ring (bicyclic) bond motifs is 1. The van der Waals surface area contributed by atoms with E-state index in [0.29, 0.717) is 12.1 Å². The Labute approximate surface area is 144 Å². The van der Waals surface area contributed by atoms with E-state index in [0.717, 1.165) is 22.5 Å². The molecule has 2 aromatic heterocycles. The zero-order chi connectivity index (χ0) is 17.2. The lowest BCUT2D eigenvalue weighted by Crippen LogP contribution is -2.24. The number of hydrogen-bond donors (Lipinski definition) is 1. The Hall–Kier alpha value is -3.41. The zero-order valence-corrected chi connectivity index (χ0v) is 13.8. The molecule has 6 heteroatoms. The monoisotopic (exact) mass is 331 g/mol. The largest absolute Gasteiger partial charge is 0.345 e. The second-order valence-corrected chi connectivity index (χ2v) is 5.77. The Morgan fingerprint density at radius 1 is 1.08 bits per heavy atom. The molecule has 0 atom stereocenters. The second-order valence-electron chi connectivity index (χ2n) is 5.77. The van der Waals surface area contributed by atoms with Crippen LogP contribution in [0.15, 0.2) is 67.0 Å². The summed E-state index contributed by atoms with van der Waals surface area (Å²) in [5.74, 6) is 0.638. The molecule has 2 aromatic carbocycles. The standard InChI is InChI=1S/C19H17N5O/c1-23-17-10-6-5-9-16(17)22-18(23)12-20-19(25)14-11-21-24(13-14)15-7-3-2-4-8-15/h2-11,13H,12H2,1H3,(H,20,25). The van der Waals surface area contributed by atoms with Crippen LogP contribution >= 0.6 is 0 Å². The van der Waals surface area contributed by atoms with Gasteiger partial charge in [0.05, 0.1) is 35.0 Å². The lowest BCUT2D eigenvalue weighted by Gasteiger charge is -2.04. The highest BCUT2D eigenvalue weighted by molar-refractivity contribution is 5.93. The third kappa shape index (κ3) is 2.89. The summed E-state index contributed by atoms with van der Waals surface area (Å²) >= 11 is 0. The van der Waals surface area contributed by atoms with Crippen molar-refractivity contribution in [1.82, 2.24) is 24.6 Å². The van der Waals surface area contributed by atoms with Crippen molar-refractivity contribution < 1.29 is 4.79 Å².